The molecule has 10 fully saturated rings. The standard InChI is InChI=1S/C32H48N2O2/c35-29(31-13-19-7-20(14-31)9-21(8-19)15-31)33-27-5-1-3-25-26(27)4-2-6-28(25)34-30(36)32-16-22-10-23(17-32)12-24(11-22)18-32/h19-28H,1-18H2,(H,33,35)(H,34,36). The van der Waals surface area contributed by atoms with Gasteiger partial charge in [-0.2, -0.15) is 0 Å². The number of rotatable bonds is 4. The molecule has 4 atom stereocenters. The molecule has 10 aliphatic carbocycles. The topological polar surface area (TPSA) is 58.2 Å². The molecule has 0 aliphatic heterocycles. The molecule has 198 valence electrons. The van der Waals surface area contributed by atoms with Crippen LogP contribution in [0.5, 0.6) is 0 Å². The second-order valence-electron chi connectivity index (χ2n) is 15.7. The van der Waals surface area contributed by atoms with E-state index in [0.29, 0.717) is 35.7 Å². The normalized spacial score (nSPS) is 54.2. The minimum atomic E-state index is -0.0392. The van der Waals surface area contributed by atoms with Crippen LogP contribution in [0.15, 0.2) is 0 Å². The van der Waals surface area contributed by atoms with E-state index in [2.05, 4.69) is 10.6 Å². The van der Waals surface area contributed by atoms with Crippen molar-refractivity contribution in [3.63, 3.8) is 0 Å². The minimum Gasteiger partial charge on any atom is -0.353 e. The highest BCUT2D eigenvalue weighted by Crippen LogP contribution is 2.61. The smallest absolute Gasteiger partial charge is 0.226 e. The summed E-state index contributed by atoms with van der Waals surface area (Å²) in [6.45, 7) is 0. The van der Waals surface area contributed by atoms with Gasteiger partial charge in [0.2, 0.25) is 11.8 Å². The molecule has 36 heavy (non-hydrogen) atoms. The second-order valence-corrected chi connectivity index (χ2v) is 15.7. The largest absolute Gasteiger partial charge is 0.353 e. The van der Waals surface area contributed by atoms with Gasteiger partial charge in [-0.3, -0.25) is 9.59 Å². The Hall–Kier alpha value is -1.06. The molecule has 0 aromatic heterocycles. The molecule has 0 heterocycles. The summed E-state index contributed by atoms with van der Waals surface area (Å²) >= 11 is 0. The van der Waals surface area contributed by atoms with Gasteiger partial charge in [0.25, 0.3) is 0 Å². The number of carbonyl (C=O) groups excluding carboxylic acids is 2. The zero-order valence-electron chi connectivity index (χ0n) is 22.3. The molecule has 4 heteroatoms. The van der Waals surface area contributed by atoms with Crippen LogP contribution < -0.4 is 10.6 Å². The number of fused-ring (bicyclic) bond motifs is 1. The van der Waals surface area contributed by atoms with E-state index >= 15 is 0 Å². The molecule has 2 amide bonds. The lowest BCUT2D eigenvalue weighted by atomic mass is 9.49. The fraction of sp³-hybridized carbons (Fsp3) is 0.938. The van der Waals surface area contributed by atoms with Gasteiger partial charge >= 0.3 is 0 Å². The molecule has 10 rings (SSSR count). The van der Waals surface area contributed by atoms with Gasteiger partial charge in [0, 0.05) is 22.9 Å². The maximum absolute atomic E-state index is 13.9. The number of amides is 2. The fourth-order valence-electron chi connectivity index (χ4n) is 12.8. The van der Waals surface area contributed by atoms with Crippen molar-refractivity contribution in [2.24, 2.45) is 58.2 Å². The first-order chi connectivity index (χ1) is 17.5. The Balaban J connectivity index is 0.956. The van der Waals surface area contributed by atoms with Crippen molar-refractivity contribution >= 4 is 11.8 Å². The summed E-state index contributed by atoms with van der Waals surface area (Å²) < 4.78 is 0. The zero-order valence-corrected chi connectivity index (χ0v) is 22.3. The van der Waals surface area contributed by atoms with Gasteiger partial charge < -0.3 is 10.6 Å². The Morgan fingerprint density at radius 2 is 0.778 bits per heavy atom. The first-order valence-corrected chi connectivity index (χ1v) is 16.1. The maximum Gasteiger partial charge on any atom is 0.226 e. The Labute approximate surface area is 217 Å². The maximum atomic E-state index is 13.9. The molecular formula is C32H48N2O2. The summed E-state index contributed by atoms with van der Waals surface area (Å²) in [5.74, 6) is 6.89. The summed E-state index contributed by atoms with van der Waals surface area (Å²) in [6, 6.07) is 0.673. The van der Waals surface area contributed by atoms with Gasteiger partial charge in [-0.15, -0.1) is 0 Å². The summed E-state index contributed by atoms with van der Waals surface area (Å²) in [5.41, 5.74) is -0.0784. The van der Waals surface area contributed by atoms with Crippen LogP contribution in [0.4, 0.5) is 0 Å². The number of hydrogen-bond donors (Lipinski definition) is 2. The quantitative estimate of drug-likeness (QED) is 0.506. The van der Waals surface area contributed by atoms with Crippen molar-refractivity contribution in [3.8, 4) is 0 Å². The van der Waals surface area contributed by atoms with Gasteiger partial charge in [0.15, 0.2) is 0 Å². The average Bonchev–Trinajstić information content (AvgIpc) is 2.83. The molecule has 0 aromatic carbocycles. The molecule has 0 spiro atoms. The summed E-state index contributed by atoms with van der Waals surface area (Å²) in [7, 11) is 0. The van der Waals surface area contributed by atoms with E-state index in [0.717, 1.165) is 86.9 Å². The van der Waals surface area contributed by atoms with Gasteiger partial charge in [0.1, 0.15) is 0 Å². The molecule has 2 N–H and O–H groups in total. The first-order valence-electron chi connectivity index (χ1n) is 16.1. The molecule has 0 aromatic rings. The number of nitrogens with one attached hydrogen (secondary N) is 2. The summed E-state index contributed by atoms with van der Waals surface area (Å²) in [5, 5.41) is 7.41. The Kier molecular flexibility index (Phi) is 5.22. The van der Waals surface area contributed by atoms with Crippen molar-refractivity contribution < 1.29 is 9.59 Å². The molecule has 4 nitrogen and oxygen atoms in total. The first kappa shape index (κ1) is 22.9. The predicted molar refractivity (Wildman–Crippen MR) is 140 cm³/mol. The van der Waals surface area contributed by atoms with Crippen molar-refractivity contribution in [1.82, 2.24) is 10.6 Å². The van der Waals surface area contributed by atoms with Crippen molar-refractivity contribution in [2.75, 3.05) is 0 Å². The van der Waals surface area contributed by atoms with Gasteiger partial charge in [0.05, 0.1) is 0 Å². The SMILES string of the molecule is O=C(NC1CCCC2C(NC(=O)C34CC5CC(CC(C5)C3)C4)CCCC12)C12CC3CC(CC(C3)C1)C2. The van der Waals surface area contributed by atoms with Crippen LogP contribution in [-0.4, -0.2) is 23.9 Å². The predicted octanol–water partition coefficient (Wildman–Crippen LogP) is 5.99. The highest BCUT2D eigenvalue weighted by Gasteiger charge is 2.57. The van der Waals surface area contributed by atoms with Crippen molar-refractivity contribution in [3.05, 3.63) is 0 Å². The molecule has 8 bridgehead atoms. The molecule has 0 radical (unpaired) electrons. The molecular weight excluding hydrogens is 444 g/mol. The third kappa shape index (κ3) is 3.58. The van der Waals surface area contributed by atoms with Crippen LogP contribution in [0, 0.1) is 58.2 Å². The monoisotopic (exact) mass is 492 g/mol. The van der Waals surface area contributed by atoms with Gasteiger partial charge in [-0.25, -0.2) is 0 Å². The Morgan fingerprint density at radius 1 is 0.472 bits per heavy atom. The van der Waals surface area contributed by atoms with E-state index in [1.54, 1.807) is 0 Å². The van der Waals surface area contributed by atoms with Crippen molar-refractivity contribution in [1.29, 1.82) is 0 Å². The fourth-order valence-corrected chi connectivity index (χ4v) is 12.8. The van der Waals surface area contributed by atoms with E-state index < -0.39 is 0 Å². The molecule has 4 unspecified atom stereocenters. The Morgan fingerprint density at radius 3 is 1.08 bits per heavy atom. The minimum absolute atomic E-state index is 0.0392. The van der Waals surface area contributed by atoms with Crippen LogP contribution in [0.1, 0.15) is 116 Å². The van der Waals surface area contributed by atoms with Gasteiger partial charge in [-0.1, -0.05) is 12.8 Å². The lowest BCUT2D eigenvalue weighted by Crippen LogP contribution is -2.60. The third-order valence-electron chi connectivity index (χ3n) is 13.4. The molecule has 10 aliphatic rings. The van der Waals surface area contributed by atoms with Crippen LogP contribution in [0.25, 0.3) is 0 Å². The van der Waals surface area contributed by atoms with E-state index in [1.165, 1.54) is 64.2 Å². The summed E-state index contributed by atoms with van der Waals surface area (Å²) in [4.78, 5) is 27.8. The molecule has 10 saturated carbocycles. The lowest BCUT2D eigenvalue weighted by Gasteiger charge is -2.57. The molecule has 0 saturated heterocycles. The highest BCUT2D eigenvalue weighted by molar-refractivity contribution is 5.84. The van der Waals surface area contributed by atoms with Crippen LogP contribution in [0.3, 0.4) is 0 Å². The van der Waals surface area contributed by atoms with Crippen LogP contribution >= 0.6 is 0 Å². The van der Waals surface area contributed by atoms with Crippen LogP contribution in [0.2, 0.25) is 0 Å². The second kappa shape index (κ2) is 8.22. The third-order valence-corrected chi connectivity index (χ3v) is 13.4. The Bertz CT molecular complexity index is 781. The lowest BCUT2D eigenvalue weighted by molar-refractivity contribution is -0.150. The van der Waals surface area contributed by atoms with E-state index in [1.807, 2.05) is 0 Å². The van der Waals surface area contributed by atoms with Gasteiger partial charge in [-0.05, 0) is 150 Å². The van der Waals surface area contributed by atoms with E-state index in [9.17, 15) is 9.59 Å². The average molecular weight is 493 g/mol. The van der Waals surface area contributed by atoms with E-state index in [4.69, 9.17) is 0 Å². The zero-order chi connectivity index (χ0) is 24.1. The summed E-state index contributed by atoms with van der Waals surface area (Å²) in [6.07, 6.45) is 22.5. The number of hydrogen-bond acceptors (Lipinski definition) is 2. The van der Waals surface area contributed by atoms with Crippen molar-refractivity contribution in [2.45, 2.75) is 128 Å². The van der Waals surface area contributed by atoms with Crippen LogP contribution in [-0.2, 0) is 9.59 Å². The van der Waals surface area contributed by atoms with E-state index in [-0.39, 0.29) is 10.8 Å². The highest BCUT2D eigenvalue weighted by atomic mass is 16.2. The number of carbonyl (C=O) groups is 2.